The zero-order valence-corrected chi connectivity index (χ0v) is 11.4. The Morgan fingerprint density at radius 3 is 3.05 bits per heavy atom. The molecule has 20 heavy (non-hydrogen) atoms. The minimum atomic E-state index is -0.860. The monoisotopic (exact) mass is 281 g/mol. The predicted octanol–water partition coefficient (Wildman–Crippen LogP) is 1.08. The van der Waals surface area contributed by atoms with Crippen molar-refractivity contribution in [1.29, 1.82) is 0 Å². The number of hydrogen-bond acceptors (Lipinski definition) is 5. The molecular formula is C14H19NO5. The van der Waals surface area contributed by atoms with Gasteiger partial charge in [-0.05, 0) is 6.07 Å². The highest BCUT2D eigenvalue weighted by Crippen LogP contribution is 2.30. The van der Waals surface area contributed by atoms with Crippen LogP contribution in [0.15, 0.2) is 18.2 Å². The molecule has 1 aliphatic rings. The molecule has 0 saturated carbocycles. The summed E-state index contributed by atoms with van der Waals surface area (Å²) in [5, 5.41) is 18.9. The van der Waals surface area contributed by atoms with E-state index in [-0.39, 0.29) is 18.3 Å². The van der Waals surface area contributed by atoms with Crippen LogP contribution in [0.5, 0.6) is 11.5 Å². The van der Waals surface area contributed by atoms with Gasteiger partial charge in [0, 0.05) is 25.2 Å². The summed E-state index contributed by atoms with van der Waals surface area (Å²) >= 11 is 0. The fraction of sp³-hybridized carbons (Fsp3) is 0.500. The van der Waals surface area contributed by atoms with E-state index in [0.717, 1.165) is 5.56 Å². The Morgan fingerprint density at radius 1 is 1.55 bits per heavy atom. The second kappa shape index (κ2) is 6.58. The molecule has 6 nitrogen and oxygen atoms in total. The van der Waals surface area contributed by atoms with Crippen molar-refractivity contribution in [3.8, 4) is 11.5 Å². The molecule has 6 heteroatoms. The van der Waals surface area contributed by atoms with Gasteiger partial charge < -0.3 is 19.7 Å². The molecule has 1 saturated heterocycles. The summed E-state index contributed by atoms with van der Waals surface area (Å²) < 4.78 is 10.5. The summed E-state index contributed by atoms with van der Waals surface area (Å²) in [5.74, 6) is -0.282. The Hall–Kier alpha value is -1.79. The van der Waals surface area contributed by atoms with Gasteiger partial charge in [-0.1, -0.05) is 12.1 Å². The molecule has 1 aromatic carbocycles. The summed E-state index contributed by atoms with van der Waals surface area (Å²) in [6.45, 7) is 2.31. The number of hydrogen-bond donors (Lipinski definition) is 2. The molecule has 0 bridgehead atoms. The van der Waals surface area contributed by atoms with Crippen molar-refractivity contribution in [2.45, 2.75) is 19.1 Å². The summed E-state index contributed by atoms with van der Waals surface area (Å²) in [7, 11) is 1.51. The second-order valence-electron chi connectivity index (χ2n) is 4.79. The first-order valence-electron chi connectivity index (χ1n) is 6.50. The number of phenols is 1. The van der Waals surface area contributed by atoms with E-state index in [1.165, 1.54) is 7.11 Å². The van der Waals surface area contributed by atoms with Gasteiger partial charge in [0.15, 0.2) is 11.5 Å². The number of benzene rings is 1. The number of methoxy groups -OCH3 is 1. The number of para-hydroxylation sites is 1. The molecule has 1 aromatic rings. The first-order valence-corrected chi connectivity index (χ1v) is 6.50. The molecule has 0 amide bonds. The maximum atomic E-state index is 10.7. The lowest BCUT2D eigenvalue weighted by Crippen LogP contribution is -2.42. The van der Waals surface area contributed by atoms with Crippen molar-refractivity contribution >= 4 is 5.97 Å². The molecule has 0 aromatic heterocycles. The number of phenolic OH excluding ortho intramolecular Hbond substituents is 1. The van der Waals surface area contributed by atoms with Crippen LogP contribution < -0.4 is 4.74 Å². The normalized spacial score (nSPS) is 19.8. The Bertz CT molecular complexity index is 477. The van der Waals surface area contributed by atoms with E-state index in [0.29, 0.717) is 32.0 Å². The highest BCUT2D eigenvalue weighted by atomic mass is 16.5. The molecule has 1 atom stereocenters. The highest BCUT2D eigenvalue weighted by Gasteiger charge is 2.23. The lowest BCUT2D eigenvalue weighted by Gasteiger charge is -2.32. The van der Waals surface area contributed by atoms with Crippen molar-refractivity contribution in [1.82, 2.24) is 4.90 Å². The van der Waals surface area contributed by atoms with Gasteiger partial charge in [-0.3, -0.25) is 9.69 Å². The van der Waals surface area contributed by atoms with Gasteiger partial charge in [0.25, 0.3) is 0 Å². The molecule has 2 rings (SSSR count). The molecule has 2 N–H and O–H groups in total. The smallest absolute Gasteiger partial charge is 0.306 e. The molecule has 0 aliphatic carbocycles. The summed E-state index contributed by atoms with van der Waals surface area (Å²) in [6.07, 6.45) is -0.297. The van der Waals surface area contributed by atoms with Gasteiger partial charge in [0.1, 0.15) is 0 Å². The van der Waals surface area contributed by atoms with Gasteiger partial charge in [0.05, 0.1) is 26.2 Å². The lowest BCUT2D eigenvalue weighted by atomic mass is 10.1. The minimum absolute atomic E-state index is 0.000588. The van der Waals surface area contributed by atoms with Crippen molar-refractivity contribution in [2.75, 3.05) is 26.8 Å². The highest BCUT2D eigenvalue weighted by molar-refractivity contribution is 5.67. The van der Waals surface area contributed by atoms with Crippen molar-refractivity contribution in [3.63, 3.8) is 0 Å². The standard InChI is InChI=1S/C14H19NO5/c1-19-12-4-2-3-10(14(12)18)8-15-5-6-20-11(9-15)7-13(16)17/h2-4,11,18H,5-9H2,1H3,(H,16,17). The van der Waals surface area contributed by atoms with Crippen LogP contribution in [0.3, 0.4) is 0 Å². The number of rotatable bonds is 5. The minimum Gasteiger partial charge on any atom is -0.504 e. The third-order valence-electron chi connectivity index (χ3n) is 3.32. The van der Waals surface area contributed by atoms with Gasteiger partial charge in [-0.15, -0.1) is 0 Å². The maximum absolute atomic E-state index is 10.7. The van der Waals surface area contributed by atoms with E-state index >= 15 is 0 Å². The lowest BCUT2D eigenvalue weighted by molar-refractivity contribution is -0.142. The van der Waals surface area contributed by atoms with Crippen LogP contribution >= 0.6 is 0 Å². The third-order valence-corrected chi connectivity index (χ3v) is 3.32. The van der Waals surface area contributed by atoms with Crippen LogP contribution in [0.4, 0.5) is 0 Å². The van der Waals surface area contributed by atoms with Crippen LogP contribution in [0.25, 0.3) is 0 Å². The molecule has 110 valence electrons. The zero-order chi connectivity index (χ0) is 14.5. The molecule has 0 radical (unpaired) electrons. The van der Waals surface area contributed by atoms with Crippen LogP contribution in [0.2, 0.25) is 0 Å². The summed E-state index contributed by atoms with van der Waals surface area (Å²) in [5.41, 5.74) is 0.764. The van der Waals surface area contributed by atoms with Crippen molar-refractivity contribution in [3.05, 3.63) is 23.8 Å². The topological polar surface area (TPSA) is 79.2 Å². The van der Waals surface area contributed by atoms with Gasteiger partial charge in [-0.25, -0.2) is 0 Å². The fourth-order valence-electron chi connectivity index (χ4n) is 2.34. The Balaban J connectivity index is 2.01. The van der Waals surface area contributed by atoms with Gasteiger partial charge >= 0.3 is 5.97 Å². The average Bonchev–Trinajstić information content (AvgIpc) is 2.41. The van der Waals surface area contributed by atoms with Crippen molar-refractivity contribution < 1.29 is 24.5 Å². The van der Waals surface area contributed by atoms with Crippen LogP contribution in [-0.4, -0.2) is 54.0 Å². The van der Waals surface area contributed by atoms with E-state index < -0.39 is 5.97 Å². The van der Waals surface area contributed by atoms with E-state index in [2.05, 4.69) is 4.90 Å². The average molecular weight is 281 g/mol. The molecule has 1 heterocycles. The maximum Gasteiger partial charge on any atom is 0.306 e. The van der Waals surface area contributed by atoms with Gasteiger partial charge in [0.2, 0.25) is 0 Å². The number of aromatic hydroxyl groups is 1. The molecule has 0 spiro atoms. The fourth-order valence-corrected chi connectivity index (χ4v) is 2.34. The number of ether oxygens (including phenoxy) is 2. The third kappa shape index (κ3) is 3.61. The second-order valence-corrected chi connectivity index (χ2v) is 4.79. The number of nitrogens with zero attached hydrogens (tertiary/aromatic N) is 1. The van der Waals surface area contributed by atoms with E-state index in [1.807, 2.05) is 12.1 Å². The Morgan fingerprint density at radius 2 is 2.35 bits per heavy atom. The molecular weight excluding hydrogens is 262 g/mol. The van der Waals surface area contributed by atoms with Crippen LogP contribution in [-0.2, 0) is 16.1 Å². The number of carbonyl (C=O) groups is 1. The van der Waals surface area contributed by atoms with E-state index in [9.17, 15) is 9.90 Å². The van der Waals surface area contributed by atoms with Crippen molar-refractivity contribution in [2.24, 2.45) is 0 Å². The van der Waals surface area contributed by atoms with E-state index in [1.54, 1.807) is 6.07 Å². The molecule has 1 unspecified atom stereocenters. The Labute approximate surface area is 117 Å². The zero-order valence-electron chi connectivity index (χ0n) is 11.4. The summed E-state index contributed by atoms with van der Waals surface area (Å²) in [4.78, 5) is 12.8. The SMILES string of the molecule is COc1cccc(CN2CCOC(CC(=O)O)C2)c1O. The Kier molecular flexibility index (Phi) is 4.81. The van der Waals surface area contributed by atoms with Crippen LogP contribution in [0, 0.1) is 0 Å². The number of carboxylic acid groups (broad SMARTS) is 1. The molecule has 1 fully saturated rings. The number of aliphatic carboxylic acids is 1. The first kappa shape index (κ1) is 14.6. The summed E-state index contributed by atoms with van der Waals surface area (Å²) in [6, 6.07) is 5.36. The number of carboxylic acids is 1. The predicted molar refractivity (Wildman–Crippen MR) is 71.9 cm³/mol. The van der Waals surface area contributed by atoms with Gasteiger partial charge in [-0.2, -0.15) is 0 Å². The largest absolute Gasteiger partial charge is 0.504 e. The first-order chi connectivity index (χ1) is 9.60. The molecule has 1 aliphatic heterocycles. The quantitative estimate of drug-likeness (QED) is 0.840. The number of morpholine rings is 1. The van der Waals surface area contributed by atoms with E-state index in [4.69, 9.17) is 14.6 Å². The van der Waals surface area contributed by atoms with Crippen LogP contribution in [0.1, 0.15) is 12.0 Å².